The minimum absolute atomic E-state index is 0.226. The monoisotopic (exact) mass is 389 g/mol. The molecule has 0 radical (unpaired) electrons. The van der Waals surface area contributed by atoms with Crippen LogP contribution in [0.5, 0.6) is 0 Å². The summed E-state index contributed by atoms with van der Waals surface area (Å²) in [5, 5.41) is 0. The lowest BCUT2D eigenvalue weighted by molar-refractivity contribution is -0.182. The average Bonchev–Trinajstić information content (AvgIpc) is 2.57. The summed E-state index contributed by atoms with van der Waals surface area (Å²) in [4.78, 5) is 0.855. The van der Waals surface area contributed by atoms with Crippen molar-refractivity contribution in [1.82, 2.24) is 4.72 Å². The fourth-order valence-corrected chi connectivity index (χ4v) is 3.86. The Morgan fingerprint density at radius 1 is 1.32 bits per heavy atom. The molecule has 1 saturated heterocycles. The molecular weight excluding hydrogens is 361 g/mol. The largest absolute Gasteiger partial charge is 0.598 e. The predicted octanol–water partition coefficient (Wildman–Crippen LogP) is 4.18. The lowest BCUT2D eigenvalue weighted by atomic mass is 10.0. The van der Waals surface area contributed by atoms with Crippen LogP contribution in [0.1, 0.15) is 51.6 Å². The van der Waals surface area contributed by atoms with Crippen LogP contribution in [0.2, 0.25) is 0 Å². The van der Waals surface area contributed by atoms with E-state index in [1.54, 1.807) is 0 Å². The highest BCUT2D eigenvalue weighted by Gasteiger charge is 2.30. The molecule has 0 aromatic heterocycles. The van der Waals surface area contributed by atoms with Crippen molar-refractivity contribution >= 4 is 23.1 Å². The molecule has 1 aliphatic heterocycles. The highest BCUT2D eigenvalue weighted by Crippen LogP contribution is 2.29. The zero-order valence-electron chi connectivity index (χ0n) is 15.3. The van der Waals surface area contributed by atoms with Gasteiger partial charge in [0.05, 0.1) is 19.3 Å². The van der Waals surface area contributed by atoms with Gasteiger partial charge in [0.1, 0.15) is 10.6 Å². The molecule has 1 fully saturated rings. The fourth-order valence-electron chi connectivity index (χ4n) is 2.51. The Bertz CT molecular complexity index is 548. The van der Waals surface area contributed by atoms with Crippen LogP contribution >= 0.6 is 11.8 Å². The van der Waals surface area contributed by atoms with Crippen LogP contribution < -0.4 is 4.72 Å². The molecule has 0 saturated carbocycles. The molecule has 0 spiro atoms. The first-order chi connectivity index (χ1) is 11.8. The molecule has 0 aliphatic carbocycles. The molecular formula is C18H28FNO3S2. The van der Waals surface area contributed by atoms with Gasteiger partial charge in [-0.1, -0.05) is 0 Å². The summed E-state index contributed by atoms with van der Waals surface area (Å²) in [7, 11) is 0. The average molecular weight is 390 g/mol. The zero-order valence-corrected chi connectivity index (χ0v) is 17.0. The molecule has 1 N–H and O–H groups in total. The van der Waals surface area contributed by atoms with Crippen LogP contribution in [0.4, 0.5) is 4.39 Å². The third-order valence-corrected chi connectivity index (χ3v) is 6.24. The fraction of sp³-hybridized carbons (Fsp3) is 0.667. The second-order valence-corrected chi connectivity index (χ2v) is 9.96. The Hall–Kier alpha value is -0.310. The quantitative estimate of drug-likeness (QED) is 0.560. The Morgan fingerprint density at radius 2 is 2.00 bits per heavy atom. The Labute approximate surface area is 157 Å². The summed E-state index contributed by atoms with van der Waals surface area (Å²) in [6, 6.07) is 4.75. The van der Waals surface area contributed by atoms with E-state index in [9.17, 15) is 8.94 Å². The maximum atomic E-state index is 14.0. The van der Waals surface area contributed by atoms with Crippen molar-refractivity contribution in [1.29, 1.82) is 0 Å². The van der Waals surface area contributed by atoms with Gasteiger partial charge in [0.15, 0.2) is 6.29 Å². The van der Waals surface area contributed by atoms with E-state index in [1.165, 1.54) is 23.9 Å². The van der Waals surface area contributed by atoms with Gasteiger partial charge >= 0.3 is 0 Å². The maximum Gasteiger partial charge on any atom is 0.157 e. The predicted molar refractivity (Wildman–Crippen MR) is 101 cm³/mol. The molecule has 1 heterocycles. The van der Waals surface area contributed by atoms with Crippen LogP contribution in [0.25, 0.3) is 0 Å². The van der Waals surface area contributed by atoms with E-state index in [1.807, 2.05) is 33.1 Å². The molecule has 142 valence electrons. The van der Waals surface area contributed by atoms with E-state index >= 15 is 0 Å². The number of hydrogen-bond donors (Lipinski definition) is 1. The lowest BCUT2D eigenvalue weighted by Crippen LogP contribution is -2.41. The van der Waals surface area contributed by atoms with Crippen molar-refractivity contribution in [3.8, 4) is 0 Å². The van der Waals surface area contributed by atoms with Gasteiger partial charge in [-0.2, -0.15) is 0 Å². The van der Waals surface area contributed by atoms with Crippen molar-refractivity contribution in [3.05, 3.63) is 29.6 Å². The summed E-state index contributed by atoms with van der Waals surface area (Å²) in [5.74, 6) is -0.277. The SMILES string of the molecule is CSc1cc(F)cc([C@@H](CCC2OCCCO2)N[S@+]([O-])C(C)(C)C)c1. The van der Waals surface area contributed by atoms with E-state index in [2.05, 4.69) is 4.72 Å². The summed E-state index contributed by atoms with van der Waals surface area (Å²) >= 11 is 0.242. The summed E-state index contributed by atoms with van der Waals surface area (Å²) in [5.41, 5.74) is 0.803. The normalized spacial score (nSPS) is 19.0. The molecule has 1 aliphatic rings. The van der Waals surface area contributed by atoms with Crippen LogP contribution in [0.3, 0.4) is 0 Å². The molecule has 0 amide bonds. The van der Waals surface area contributed by atoms with E-state index in [4.69, 9.17) is 9.47 Å². The number of nitrogens with one attached hydrogen (secondary N) is 1. The smallest absolute Gasteiger partial charge is 0.157 e. The van der Waals surface area contributed by atoms with E-state index in [0.717, 1.165) is 16.9 Å². The zero-order chi connectivity index (χ0) is 18.4. The summed E-state index contributed by atoms with van der Waals surface area (Å²) < 4.78 is 40.5. The van der Waals surface area contributed by atoms with Gasteiger partial charge < -0.3 is 14.0 Å². The maximum absolute atomic E-state index is 14.0. The Balaban J connectivity index is 2.14. The van der Waals surface area contributed by atoms with Crippen molar-refractivity contribution in [2.24, 2.45) is 0 Å². The second-order valence-electron chi connectivity index (χ2n) is 7.08. The van der Waals surface area contributed by atoms with Crippen LogP contribution in [0.15, 0.2) is 23.1 Å². The van der Waals surface area contributed by atoms with Crippen molar-refractivity contribution in [3.63, 3.8) is 0 Å². The third-order valence-electron chi connectivity index (χ3n) is 3.92. The molecule has 0 unspecified atom stereocenters. The molecule has 0 bridgehead atoms. The molecule has 2 rings (SSSR count). The topological polar surface area (TPSA) is 53.5 Å². The summed E-state index contributed by atoms with van der Waals surface area (Å²) in [6.45, 7) is 7.15. The molecule has 1 aromatic rings. The highest BCUT2D eigenvalue weighted by atomic mass is 32.2. The van der Waals surface area contributed by atoms with Gasteiger partial charge in [-0.05, 0) is 63.6 Å². The van der Waals surface area contributed by atoms with Gasteiger partial charge in [0.25, 0.3) is 0 Å². The van der Waals surface area contributed by atoms with Crippen LogP contribution in [-0.4, -0.2) is 35.1 Å². The highest BCUT2D eigenvalue weighted by molar-refractivity contribution is 7.98. The van der Waals surface area contributed by atoms with Gasteiger partial charge in [0, 0.05) is 22.7 Å². The third kappa shape index (κ3) is 6.73. The van der Waals surface area contributed by atoms with Gasteiger partial charge in [-0.3, -0.25) is 0 Å². The second kappa shape index (κ2) is 9.58. The molecule has 1 aromatic carbocycles. The first-order valence-corrected chi connectivity index (χ1v) is 10.9. The van der Waals surface area contributed by atoms with Crippen molar-refractivity contribution in [2.45, 2.75) is 62.0 Å². The minimum atomic E-state index is -1.25. The van der Waals surface area contributed by atoms with Crippen molar-refractivity contribution in [2.75, 3.05) is 19.5 Å². The minimum Gasteiger partial charge on any atom is -0.598 e. The van der Waals surface area contributed by atoms with Gasteiger partial charge in [0.2, 0.25) is 0 Å². The number of thioether (sulfide) groups is 1. The van der Waals surface area contributed by atoms with E-state index in [0.29, 0.717) is 26.1 Å². The lowest BCUT2D eigenvalue weighted by Gasteiger charge is -2.30. The molecule has 4 nitrogen and oxygen atoms in total. The first kappa shape index (κ1) is 21.0. The van der Waals surface area contributed by atoms with Crippen molar-refractivity contribution < 1.29 is 18.4 Å². The Kier molecular flexibility index (Phi) is 8.04. The number of ether oxygens (including phenoxy) is 2. The standard InChI is InChI=1S/C18H28FNO3S2/c1-18(2,3)25(21)20-16(6-7-17-22-8-5-9-23-17)13-10-14(19)12-15(11-13)24-4/h10-12,16-17,20H,5-9H2,1-4H3/t16-,25-/m1/s1. The number of benzene rings is 1. The number of halogens is 1. The molecule has 25 heavy (non-hydrogen) atoms. The molecule has 7 heteroatoms. The van der Waals surface area contributed by atoms with Gasteiger partial charge in [-0.25, -0.2) is 4.39 Å². The number of hydrogen-bond acceptors (Lipinski definition) is 5. The summed E-state index contributed by atoms with van der Waals surface area (Å²) in [6.07, 6.45) is 3.91. The first-order valence-electron chi connectivity index (χ1n) is 8.55. The molecule has 2 atom stereocenters. The number of rotatable bonds is 7. The van der Waals surface area contributed by atoms with Crippen LogP contribution in [-0.2, 0) is 20.8 Å². The van der Waals surface area contributed by atoms with E-state index < -0.39 is 16.1 Å². The van der Waals surface area contributed by atoms with Gasteiger partial charge in [-0.15, -0.1) is 16.5 Å². The Morgan fingerprint density at radius 3 is 2.60 bits per heavy atom. The van der Waals surface area contributed by atoms with E-state index in [-0.39, 0.29) is 18.1 Å². The van der Waals surface area contributed by atoms with Crippen LogP contribution in [0, 0.1) is 5.82 Å².